The number of hydrogen-bond donors (Lipinski definition) is 0. The second-order valence-corrected chi connectivity index (χ2v) is 7.87. The van der Waals surface area contributed by atoms with Crippen molar-refractivity contribution in [2.45, 2.75) is 43.1 Å². The van der Waals surface area contributed by atoms with Gasteiger partial charge in [0.2, 0.25) is 5.03 Å². The van der Waals surface area contributed by atoms with Gasteiger partial charge in [0.05, 0.1) is 21.0 Å². The summed E-state index contributed by atoms with van der Waals surface area (Å²) in [6.07, 6.45) is 1.40. The predicted molar refractivity (Wildman–Crippen MR) is 83.5 cm³/mol. The minimum Gasteiger partial charge on any atom is -0.444 e. The lowest BCUT2D eigenvalue weighted by atomic mass is 10.2. The molecule has 1 amide bonds. The van der Waals surface area contributed by atoms with Gasteiger partial charge in [0, 0.05) is 25.4 Å². The number of carbonyl (C=O) groups is 1. The van der Waals surface area contributed by atoms with Crippen molar-refractivity contribution in [3.8, 4) is 0 Å². The van der Waals surface area contributed by atoms with Gasteiger partial charge in [-0.05, 0) is 33.3 Å². The Kier molecular flexibility index (Phi) is 4.98. The quantitative estimate of drug-likeness (QED) is 0.616. The van der Waals surface area contributed by atoms with Crippen molar-refractivity contribution in [1.82, 2.24) is 9.88 Å². The topological polar surface area (TPSA) is 103 Å². The average molecular weight is 341 g/mol. The molecule has 1 aliphatic rings. The molecule has 0 radical (unpaired) electrons. The largest absolute Gasteiger partial charge is 0.444 e. The van der Waals surface area contributed by atoms with Crippen LogP contribution in [0, 0.1) is 10.1 Å². The van der Waals surface area contributed by atoms with Gasteiger partial charge in [-0.25, -0.2) is 9.78 Å². The maximum Gasteiger partial charge on any atom is 0.410 e. The molecule has 1 unspecified atom stereocenters. The molecule has 2 heterocycles. The van der Waals surface area contributed by atoms with Gasteiger partial charge in [0.25, 0.3) is 0 Å². The van der Waals surface area contributed by atoms with Crippen molar-refractivity contribution in [1.29, 1.82) is 0 Å². The van der Waals surface area contributed by atoms with E-state index in [9.17, 15) is 19.1 Å². The third-order valence-corrected chi connectivity index (χ3v) is 4.92. The molecule has 1 aromatic rings. The summed E-state index contributed by atoms with van der Waals surface area (Å²) in [6.45, 7) is 5.96. The number of nitrogens with zero attached hydrogens (tertiary/aromatic N) is 3. The van der Waals surface area contributed by atoms with Gasteiger partial charge in [-0.1, -0.05) is 0 Å². The molecule has 0 aliphatic carbocycles. The highest BCUT2D eigenvalue weighted by Crippen LogP contribution is 2.26. The Morgan fingerprint density at radius 3 is 2.83 bits per heavy atom. The van der Waals surface area contributed by atoms with E-state index in [0.29, 0.717) is 13.0 Å². The van der Waals surface area contributed by atoms with Crippen LogP contribution in [0.25, 0.3) is 0 Å². The number of likely N-dealkylation sites (tertiary alicyclic amines) is 1. The molecule has 1 saturated heterocycles. The van der Waals surface area contributed by atoms with Crippen LogP contribution in [-0.2, 0) is 15.5 Å². The Hall–Kier alpha value is -2.03. The lowest BCUT2D eigenvalue weighted by Crippen LogP contribution is -2.36. The molecule has 9 heteroatoms. The molecule has 126 valence electrons. The third kappa shape index (κ3) is 4.25. The number of amides is 1. The average Bonchev–Trinajstić information content (AvgIpc) is 2.94. The fraction of sp³-hybridized carbons (Fsp3) is 0.571. The molecule has 8 nitrogen and oxygen atoms in total. The molecule has 1 aromatic heterocycles. The minimum atomic E-state index is -1.65. The number of ether oxygens (including phenoxy) is 1. The van der Waals surface area contributed by atoms with Crippen molar-refractivity contribution < 1.29 is 18.7 Å². The monoisotopic (exact) mass is 341 g/mol. The second-order valence-electron chi connectivity index (χ2n) is 6.22. The summed E-state index contributed by atoms with van der Waals surface area (Å²) in [5.74, 6) is 0. The molecular weight excluding hydrogens is 322 g/mol. The van der Waals surface area contributed by atoms with Crippen LogP contribution in [0.5, 0.6) is 0 Å². The summed E-state index contributed by atoms with van der Waals surface area (Å²) in [4.78, 5) is 27.8. The number of rotatable bonds is 3. The van der Waals surface area contributed by atoms with Crippen LogP contribution in [0.15, 0.2) is 23.4 Å². The smallest absolute Gasteiger partial charge is 0.410 e. The summed E-state index contributed by atoms with van der Waals surface area (Å²) >= 11 is 0. The fourth-order valence-corrected chi connectivity index (χ4v) is 3.69. The summed E-state index contributed by atoms with van der Waals surface area (Å²) < 4.78 is 17.9. The Labute approximate surface area is 136 Å². The molecule has 0 bridgehead atoms. The minimum absolute atomic E-state index is 0.0476. The number of pyridine rings is 1. The Bertz CT molecular complexity index is 644. The van der Waals surface area contributed by atoms with E-state index >= 15 is 0 Å². The lowest BCUT2D eigenvalue weighted by molar-refractivity contribution is -0.388. The highest BCUT2D eigenvalue weighted by molar-refractivity contribution is 7.85. The lowest BCUT2D eigenvalue weighted by Gasteiger charge is -2.24. The van der Waals surface area contributed by atoms with Crippen LogP contribution < -0.4 is 0 Å². The van der Waals surface area contributed by atoms with E-state index in [-0.39, 0.29) is 17.3 Å². The van der Waals surface area contributed by atoms with Crippen LogP contribution in [0.4, 0.5) is 10.5 Å². The zero-order valence-corrected chi connectivity index (χ0v) is 14.0. The van der Waals surface area contributed by atoms with E-state index in [2.05, 4.69) is 4.98 Å². The maximum absolute atomic E-state index is 12.6. The second kappa shape index (κ2) is 6.61. The number of hydrogen-bond acceptors (Lipinski definition) is 6. The highest BCUT2D eigenvalue weighted by Gasteiger charge is 2.35. The van der Waals surface area contributed by atoms with Crippen molar-refractivity contribution in [3.05, 3.63) is 28.4 Å². The summed E-state index contributed by atoms with van der Waals surface area (Å²) in [7, 11) is -1.65. The zero-order valence-electron chi connectivity index (χ0n) is 13.2. The normalized spacial score (nSPS) is 19.4. The van der Waals surface area contributed by atoms with Crippen molar-refractivity contribution in [3.63, 3.8) is 0 Å². The van der Waals surface area contributed by atoms with E-state index in [1.807, 2.05) is 0 Å². The van der Waals surface area contributed by atoms with Crippen molar-refractivity contribution in [2.75, 3.05) is 13.1 Å². The first-order valence-corrected chi connectivity index (χ1v) is 8.38. The van der Waals surface area contributed by atoms with E-state index in [1.165, 1.54) is 23.2 Å². The SMILES string of the molecule is CC(C)(C)OC(=O)N1CC[C@@H](S(=O)c2ncccc2[N+](=O)[O-])C1. The molecule has 23 heavy (non-hydrogen) atoms. The standard InChI is InChI=1S/C14H19N3O5S/c1-14(2,3)22-13(18)16-8-6-10(9-16)23(21)12-11(17(19)20)5-4-7-15-12/h4-5,7,10H,6,8-9H2,1-3H3/t10-,23?/m1/s1. The molecule has 0 aromatic carbocycles. The number of aromatic nitrogens is 1. The van der Waals surface area contributed by atoms with Crippen molar-refractivity contribution in [2.24, 2.45) is 0 Å². The van der Waals surface area contributed by atoms with Crippen LogP contribution in [0.2, 0.25) is 0 Å². The number of carbonyl (C=O) groups excluding carboxylic acids is 1. The molecule has 0 N–H and O–H groups in total. The first-order valence-electron chi connectivity index (χ1n) is 7.17. The van der Waals surface area contributed by atoms with Gasteiger partial charge in [0.1, 0.15) is 5.60 Å². The molecule has 0 saturated carbocycles. The van der Waals surface area contributed by atoms with Crippen LogP contribution in [-0.4, -0.2) is 49.0 Å². The molecule has 1 aliphatic heterocycles. The number of nitro groups is 1. The van der Waals surface area contributed by atoms with E-state index in [0.717, 1.165) is 0 Å². The zero-order chi connectivity index (χ0) is 17.2. The molecule has 0 spiro atoms. The Morgan fingerprint density at radius 1 is 1.52 bits per heavy atom. The van der Waals surface area contributed by atoms with Gasteiger partial charge < -0.3 is 9.64 Å². The Morgan fingerprint density at radius 2 is 2.22 bits per heavy atom. The van der Waals surface area contributed by atoms with Crippen molar-refractivity contribution >= 4 is 22.6 Å². The Balaban J connectivity index is 2.09. The molecule has 2 rings (SSSR count). The maximum atomic E-state index is 12.6. The van der Waals surface area contributed by atoms with Gasteiger partial charge in [-0.15, -0.1) is 0 Å². The highest BCUT2D eigenvalue weighted by atomic mass is 32.2. The van der Waals surface area contributed by atoms with E-state index < -0.39 is 32.7 Å². The van der Waals surface area contributed by atoms with Gasteiger partial charge in [-0.3, -0.25) is 14.3 Å². The van der Waals surface area contributed by atoms with Gasteiger partial charge in [0.15, 0.2) is 0 Å². The first kappa shape index (κ1) is 17.3. The third-order valence-electron chi connectivity index (χ3n) is 3.24. The summed E-state index contributed by atoms with van der Waals surface area (Å²) in [6, 6.07) is 2.71. The van der Waals surface area contributed by atoms with Crippen LogP contribution in [0.3, 0.4) is 0 Å². The van der Waals surface area contributed by atoms with E-state index in [4.69, 9.17) is 4.74 Å². The predicted octanol–water partition coefficient (Wildman–Crippen LogP) is 2.11. The van der Waals surface area contributed by atoms with Crippen LogP contribution in [0.1, 0.15) is 27.2 Å². The van der Waals surface area contributed by atoms with E-state index in [1.54, 1.807) is 20.8 Å². The molecule has 1 fully saturated rings. The van der Waals surface area contributed by atoms with Crippen LogP contribution >= 0.6 is 0 Å². The van der Waals surface area contributed by atoms with Gasteiger partial charge >= 0.3 is 11.8 Å². The molecular formula is C14H19N3O5S. The summed E-state index contributed by atoms with van der Waals surface area (Å²) in [5, 5.41) is 10.6. The fourth-order valence-electron chi connectivity index (χ4n) is 2.23. The van der Waals surface area contributed by atoms with Gasteiger partial charge in [-0.2, -0.15) is 0 Å². The first-order chi connectivity index (χ1) is 10.7. The molecule has 2 atom stereocenters. The summed E-state index contributed by atoms with van der Waals surface area (Å²) in [5.41, 5.74) is -0.866.